The molecule has 3 heterocycles. The Bertz CT molecular complexity index is 994. The Labute approximate surface area is 145 Å². The van der Waals surface area contributed by atoms with E-state index >= 15 is 0 Å². The number of hydrogen-bond donors (Lipinski definition) is 2. The molecule has 2 aromatic rings. The zero-order valence-corrected chi connectivity index (χ0v) is 14.5. The summed E-state index contributed by atoms with van der Waals surface area (Å²) in [6, 6.07) is 5.84. The van der Waals surface area contributed by atoms with Crippen LogP contribution in [0.2, 0.25) is 0 Å². The molecule has 3 atom stereocenters. The van der Waals surface area contributed by atoms with Crippen LogP contribution in [-0.4, -0.2) is 26.7 Å². The number of carbonyl (C=O) groups is 2. The SMILES string of the molecule is C/C(O)=C1/CC2C(=O)N3C(c4c[nH]c5cccc(c45)C3(C)C)C2C1=O. The number of amides is 1. The standard InChI is InChI=1S/C20H20N2O3/c1-9(23)10-7-11-16(18(10)24)17-12-8-21-14-6-4-5-13(15(12)14)20(2,3)22(17)19(11)25/h4-6,8,11,16-17,21,23H,7H2,1-3H3/b10-9+. The lowest BCUT2D eigenvalue weighted by molar-refractivity contribution is -0.137. The molecule has 1 saturated heterocycles. The first-order chi connectivity index (χ1) is 11.8. The van der Waals surface area contributed by atoms with Crippen LogP contribution in [0.5, 0.6) is 0 Å². The van der Waals surface area contributed by atoms with E-state index in [1.807, 2.05) is 23.2 Å². The first-order valence-electron chi connectivity index (χ1n) is 8.70. The van der Waals surface area contributed by atoms with Crippen LogP contribution in [0.1, 0.15) is 44.4 Å². The highest BCUT2D eigenvalue weighted by Crippen LogP contribution is 2.58. The molecule has 1 aromatic heterocycles. The Morgan fingerprint density at radius 3 is 2.80 bits per heavy atom. The Morgan fingerprint density at radius 2 is 2.08 bits per heavy atom. The van der Waals surface area contributed by atoms with E-state index in [-0.39, 0.29) is 29.4 Å². The number of fused-ring (bicyclic) bond motifs is 4. The molecule has 25 heavy (non-hydrogen) atoms. The summed E-state index contributed by atoms with van der Waals surface area (Å²) in [4.78, 5) is 31.5. The minimum Gasteiger partial charge on any atom is -0.512 e. The number of hydrogen-bond acceptors (Lipinski definition) is 3. The van der Waals surface area contributed by atoms with Gasteiger partial charge in [-0.3, -0.25) is 9.59 Å². The van der Waals surface area contributed by atoms with Crippen molar-refractivity contribution in [3.05, 3.63) is 46.9 Å². The molecule has 128 valence electrons. The third kappa shape index (κ3) is 1.54. The number of aliphatic hydroxyl groups is 1. The van der Waals surface area contributed by atoms with E-state index in [4.69, 9.17) is 0 Å². The summed E-state index contributed by atoms with van der Waals surface area (Å²) in [5.41, 5.74) is 3.13. The van der Waals surface area contributed by atoms with Crippen molar-refractivity contribution >= 4 is 22.6 Å². The fraction of sp³-hybridized carbons (Fsp3) is 0.400. The van der Waals surface area contributed by atoms with Crippen LogP contribution in [0.4, 0.5) is 0 Å². The van der Waals surface area contributed by atoms with Gasteiger partial charge in [-0.2, -0.15) is 0 Å². The molecule has 2 aliphatic heterocycles. The molecule has 1 amide bonds. The largest absolute Gasteiger partial charge is 0.512 e. The van der Waals surface area contributed by atoms with Crippen LogP contribution in [0.15, 0.2) is 35.7 Å². The number of benzene rings is 1. The molecule has 3 unspecified atom stereocenters. The number of rotatable bonds is 0. The summed E-state index contributed by atoms with van der Waals surface area (Å²) < 4.78 is 0. The van der Waals surface area contributed by atoms with Gasteiger partial charge in [0.1, 0.15) is 0 Å². The fourth-order valence-electron chi connectivity index (χ4n) is 5.28. The summed E-state index contributed by atoms with van der Waals surface area (Å²) >= 11 is 0. The maximum Gasteiger partial charge on any atom is 0.228 e. The van der Waals surface area contributed by atoms with Gasteiger partial charge in [-0.25, -0.2) is 0 Å². The van der Waals surface area contributed by atoms with Gasteiger partial charge in [0.15, 0.2) is 5.78 Å². The van der Waals surface area contributed by atoms with Crippen LogP contribution in [0, 0.1) is 11.8 Å². The molecule has 1 aliphatic carbocycles. The maximum absolute atomic E-state index is 13.3. The van der Waals surface area contributed by atoms with E-state index in [9.17, 15) is 14.7 Å². The number of nitrogens with zero attached hydrogens (tertiary/aromatic N) is 1. The van der Waals surface area contributed by atoms with Crippen molar-refractivity contribution < 1.29 is 14.7 Å². The Morgan fingerprint density at radius 1 is 1.32 bits per heavy atom. The highest BCUT2D eigenvalue weighted by Gasteiger charge is 2.62. The number of allylic oxidation sites excluding steroid dienone is 2. The normalized spacial score (nSPS) is 31.5. The number of ketones is 1. The number of aromatic nitrogens is 1. The Kier molecular flexibility index (Phi) is 2.56. The van der Waals surface area contributed by atoms with Crippen LogP contribution in [0.25, 0.3) is 10.9 Å². The third-order valence-electron chi connectivity index (χ3n) is 6.38. The lowest BCUT2D eigenvalue weighted by Crippen LogP contribution is -2.47. The lowest BCUT2D eigenvalue weighted by atomic mass is 9.79. The Balaban J connectivity index is 1.80. The van der Waals surface area contributed by atoms with Gasteiger partial charge in [0.05, 0.1) is 29.2 Å². The first-order valence-corrected chi connectivity index (χ1v) is 8.70. The molecule has 0 bridgehead atoms. The zero-order valence-electron chi connectivity index (χ0n) is 14.5. The average molecular weight is 336 g/mol. The highest BCUT2D eigenvalue weighted by molar-refractivity contribution is 6.08. The van der Waals surface area contributed by atoms with E-state index in [0.717, 1.165) is 22.0 Å². The van der Waals surface area contributed by atoms with Crippen molar-refractivity contribution in [2.45, 2.75) is 38.8 Å². The van der Waals surface area contributed by atoms with Gasteiger partial charge in [0, 0.05) is 28.2 Å². The van der Waals surface area contributed by atoms with Gasteiger partial charge < -0.3 is 15.0 Å². The van der Waals surface area contributed by atoms with Crippen LogP contribution < -0.4 is 0 Å². The Hall–Kier alpha value is -2.56. The summed E-state index contributed by atoms with van der Waals surface area (Å²) in [5.74, 6) is -0.776. The monoisotopic (exact) mass is 336 g/mol. The minimum absolute atomic E-state index is 0.0217. The predicted octanol–water partition coefficient (Wildman–Crippen LogP) is 3.34. The zero-order chi connectivity index (χ0) is 17.7. The van der Waals surface area contributed by atoms with Crippen molar-refractivity contribution in [1.82, 2.24) is 9.88 Å². The fourth-order valence-corrected chi connectivity index (χ4v) is 5.28. The van der Waals surface area contributed by atoms with E-state index in [0.29, 0.717) is 12.0 Å². The van der Waals surface area contributed by atoms with Crippen molar-refractivity contribution in [3.63, 3.8) is 0 Å². The van der Waals surface area contributed by atoms with Crippen molar-refractivity contribution in [3.8, 4) is 0 Å². The molecule has 5 nitrogen and oxygen atoms in total. The van der Waals surface area contributed by atoms with Crippen LogP contribution >= 0.6 is 0 Å². The smallest absolute Gasteiger partial charge is 0.228 e. The molecular formula is C20H20N2O3. The van der Waals surface area contributed by atoms with Crippen LogP contribution in [0.3, 0.4) is 0 Å². The van der Waals surface area contributed by atoms with Crippen molar-refractivity contribution in [1.29, 1.82) is 0 Å². The molecule has 5 heteroatoms. The van der Waals surface area contributed by atoms with E-state index in [1.54, 1.807) is 0 Å². The first kappa shape index (κ1) is 14.8. The van der Waals surface area contributed by atoms with Crippen molar-refractivity contribution in [2.24, 2.45) is 11.8 Å². The molecule has 1 aromatic carbocycles. The van der Waals surface area contributed by atoms with Gasteiger partial charge in [-0.15, -0.1) is 0 Å². The number of Topliss-reactive ketones (excluding diaryl/α,β-unsaturated/α-hetero) is 1. The molecule has 2 fully saturated rings. The molecule has 3 aliphatic rings. The third-order valence-corrected chi connectivity index (χ3v) is 6.38. The molecular weight excluding hydrogens is 316 g/mol. The second-order valence-electron chi connectivity index (χ2n) is 7.95. The number of aliphatic hydroxyl groups excluding tert-OH is 1. The number of carbonyl (C=O) groups excluding carboxylic acids is 2. The molecule has 1 saturated carbocycles. The predicted molar refractivity (Wildman–Crippen MR) is 92.8 cm³/mol. The van der Waals surface area contributed by atoms with Crippen molar-refractivity contribution in [2.75, 3.05) is 0 Å². The summed E-state index contributed by atoms with van der Waals surface area (Å²) in [7, 11) is 0. The second kappa shape index (κ2) is 4.34. The van der Waals surface area contributed by atoms with Gasteiger partial charge >= 0.3 is 0 Å². The molecule has 2 N–H and O–H groups in total. The lowest BCUT2D eigenvalue weighted by Gasteiger charge is -2.45. The summed E-state index contributed by atoms with van der Waals surface area (Å²) in [5, 5.41) is 11.0. The number of H-pyrrole nitrogens is 1. The summed E-state index contributed by atoms with van der Waals surface area (Å²) in [6.07, 6.45) is 2.29. The van der Waals surface area contributed by atoms with Gasteiger partial charge in [-0.1, -0.05) is 12.1 Å². The van der Waals surface area contributed by atoms with Gasteiger partial charge in [0.2, 0.25) is 5.91 Å². The van der Waals surface area contributed by atoms with E-state index in [2.05, 4.69) is 24.9 Å². The van der Waals surface area contributed by atoms with Gasteiger partial charge in [0.25, 0.3) is 0 Å². The van der Waals surface area contributed by atoms with Gasteiger partial charge in [-0.05, 0) is 38.8 Å². The quantitative estimate of drug-likeness (QED) is 0.572. The molecule has 5 rings (SSSR count). The second-order valence-corrected chi connectivity index (χ2v) is 7.95. The average Bonchev–Trinajstić information content (AvgIpc) is 3.19. The molecule has 0 spiro atoms. The number of nitrogens with one attached hydrogen (secondary N) is 1. The maximum atomic E-state index is 13.3. The van der Waals surface area contributed by atoms with Crippen LogP contribution in [-0.2, 0) is 15.1 Å². The highest BCUT2D eigenvalue weighted by atomic mass is 16.3. The topological polar surface area (TPSA) is 73.4 Å². The van der Waals surface area contributed by atoms with E-state index in [1.165, 1.54) is 6.92 Å². The van der Waals surface area contributed by atoms with E-state index < -0.39 is 11.5 Å². The minimum atomic E-state index is -0.473. The molecule has 0 radical (unpaired) electrons. The summed E-state index contributed by atoms with van der Waals surface area (Å²) in [6.45, 7) is 5.65. The number of aromatic amines is 1.